The minimum absolute atomic E-state index is 0.0160. The van der Waals surface area contributed by atoms with E-state index in [0.717, 1.165) is 0 Å². The highest BCUT2D eigenvalue weighted by Crippen LogP contribution is 2.05. The molecule has 0 fully saturated rings. The fourth-order valence-corrected chi connectivity index (χ4v) is 0.876. The molecule has 0 radical (unpaired) electrons. The van der Waals surface area contributed by atoms with Gasteiger partial charge in [-0.25, -0.2) is 0 Å². The molecule has 14 heavy (non-hydrogen) atoms. The second-order valence-corrected chi connectivity index (χ2v) is 2.52. The molecule has 0 amide bonds. The van der Waals surface area contributed by atoms with Gasteiger partial charge >= 0.3 is 0 Å². The summed E-state index contributed by atoms with van der Waals surface area (Å²) in [5, 5.41) is 14.3. The summed E-state index contributed by atoms with van der Waals surface area (Å²) in [6, 6.07) is 0. The molecule has 0 bridgehead atoms. The Hall–Kier alpha value is -1.63. The van der Waals surface area contributed by atoms with E-state index in [4.69, 9.17) is 10.8 Å². The van der Waals surface area contributed by atoms with Gasteiger partial charge in [-0.2, -0.15) is 15.0 Å². The molecule has 0 aliphatic rings. The van der Waals surface area contributed by atoms with Crippen LogP contribution in [0.5, 0.6) is 0 Å². The van der Waals surface area contributed by atoms with E-state index >= 15 is 0 Å². The van der Waals surface area contributed by atoms with Gasteiger partial charge in [-0.15, -0.1) is 0 Å². The van der Waals surface area contributed by atoms with Gasteiger partial charge in [-0.3, -0.25) is 0 Å². The van der Waals surface area contributed by atoms with Crippen molar-refractivity contribution in [3.8, 4) is 0 Å². The molecule has 5 N–H and O–H groups in total. The maximum absolute atomic E-state index is 8.59. The van der Waals surface area contributed by atoms with Gasteiger partial charge in [0.05, 0.1) is 6.61 Å². The van der Waals surface area contributed by atoms with Crippen LogP contribution in [0.4, 0.5) is 17.8 Å². The van der Waals surface area contributed by atoms with E-state index in [-0.39, 0.29) is 12.6 Å². The number of hydrogen-bond donors (Lipinski definition) is 4. The molecule has 1 heterocycles. The molecule has 1 rings (SSSR count). The predicted octanol–water partition coefficient (Wildman–Crippen LogP) is -0.710. The summed E-state index contributed by atoms with van der Waals surface area (Å²) >= 11 is 0. The quantitative estimate of drug-likeness (QED) is 0.494. The van der Waals surface area contributed by atoms with Gasteiger partial charge < -0.3 is 21.5 Å². The molecule has 1 aromatic heterocycles. The predicted molar refractivity (Wildman–Crippen MR) is 54.0 cm³/mol. The van der Waals surface area contributed by atoms with Crippen LogP contribution in [0.25, 0.3) is 0 Å². The van der Waals surface area contributed by atoms with Crippen molar-refractivity contribution in [3.63, 3.8) is 0 Å². The Morgan fingerprint density at radius 3 is 2.43 bits per heavy atom. The SMILES string of the molecule is CCNc1nc(N)nc(NCCO)n1. The van der Waals surface area contributed by atoms with Crippen LogP contribution in [0.3, 0.4) is 0 Å². The van der Waals surface area contributed by atoms with Gasteiger partial charge in [0, 0.05) is 13.1 Å². The first-order chi connectivity index (χ1) is 6.76. The van der Waals surface area contributed by atoms with E-state index in [9.17, 15) is 0 Å². The molecular formula is C7H14N6O. The standard InChI is InChI=1S/C7H14N6O/c1-2-9-6-11-5(8)12-7(13-6)10-3-4-14/h14H,2-4H2,1H3,(H4,8,9,10,11,12,13). The summed E-state index contributed by atoms with van der Waals surface area (Å²) in [4.78, 5) is 11.7. The number of rotatable bonds is 5. The molecular weight excluding hydrogens is 184 g/mol. The van der Waals surface area contributed by atoms with Crippen molar-refractivity contribution >= 4 is 17.8 Å². The monoisotopic (exact) mass is 198 g/mol. The maximum atomic E-state index is 8.59. The number of nitrogens with one attached hydrogen (secondary N) is 2. The Bertz CT molecular complexity index is 292. The van der Waals surface area contributed by atoms with Crippen LogP contribution in [-0.2, 0) is 0 Å². The number of nitrogens with two attached hydrogens (primary N) is 1. The summed E-state index contributed by atoms with van der Waals surface area (Å²) in [5.41, 5.74) is 5.46. The van der Waals surface area contributed by atoms with Gasteiger partial charge in [0.2, 0.25) is 17.8 Å². The number of anilines is 3. The lowest BCUT2D eigenvalue weighted by Crippen LogP contribution is -2.13. The zero-order chi connectivity index (χ0) is 10.4. The number of nitrogens with zero attached hydrogens (tertiary/aromatic N) is 3. The van der Waals surface area contributed by atoms with E-state index in [1.807, 2.05) is 6.92 Å². The van der Waals surface area contributed by atoms with Gasteiger partial charge in [-0.1, -0.05) is 0 Å². The third kappa shape index (κ3) is 3.02. The highest BCUT2D eigenvalue weighted by molar-refractivity contribution is 5.39. The molecule has 0 aliphatic heterocycles. The lowest BCUT2D eigenvalue weighted by Gasteiger charge is -2.06. The summed E-state index contributed by atoms with van der Waals surface area (Å²) in [5.74, 6) is 0.944. The fourth-order valence-electron chi connectivity index (χ4n) is 0.876. The van der Waals surface area contributed by atoms with Crippen molar-refractivity contribution in [2.75, 3.05) is 36.1 Å². The number of hydrogen-bond acceptors (Lipinski definition) is 7. The number of aliphatic hydroxyl groups is 1. The van der Waals surface area contributed by atoms with Crippen molar-refractivity contribution in [3.05, 3.63) is 0 Å². The minimum atomic E-state index is 0.0160. The average Bonchev–Trinajstić information content (AvgIpc) is 2.14. The van der Waals surface area contributed by atoms with Crippen molar-refractivity contribution in [1.29, 1.82) is 0 Å². The van der Waals surface area contributed by atoms with Crippen molar-refractivity contribution in [2.24, 2.45) is 0 Å². The van der Waals surface area contributed by atoms with E-state index in [0.29, 0.717) is 25.0 Å². The summed E-state index contributed by atoms with van der Waals surface area (Å²) in [6.45, 7) is 3.04. The van der Waals surface area contributed by atoms with Crippen molar-refractivity contribution in [1.82, 2.24) is 15.0 Å². The van der Waals surface area contributed by atoms with Crippen molar-refractivity contribution in [2.45, 2.75) is 6.92 Å². The molecule has 0 saturated heterocycles. The van der Waals surface area contributed by atoms with Crippen LogP contribution in [0.1, 0.15) is 6.92 Å². The zero-order valence-corrected chi connectivity index (χ0v) is 7.99. The molecule has 0 atom stereocenters. The number of nitrogen functional groups attached to an aromatic ring is 1. The van der Waals surface area contributed by atoms with Crippen LogP contribution in [0.2, 0.25) is 0 Å². The molecule has 7 nitrogen and oxygen atoms in total. The Labute approximate surface area is 81.8 Å². The molecule has 7 heteroatoms. The molecule has 0 spiro atoms. The van der Waals surface area contributed by atoms with Gasteiger partial charge in [0.25, 0.3) is 0 Å². The maximum Gasteiger partial charge on any atom is 0.229 e. The minimum Gasteiger partial charge on any atom is -0.395 e. The zero-order valence-electron chi connectivity index (χ0n) is 7.99. The molecule has 0 aromatic carbocycles. The van der Waals surface area contributed by atoms with Crippen molar-refractivity contribution < 1.29 is 5.11 Å². The van der Waals surface area contributed by atoms with Crippen LogP contribution in [0.15, 0.2) is 0 Å². The van der Waals surface area contributed by atoms with Crippen LogP contribution in [0, 0.1) is 0 Å². The van der Waals surface area contributed by atoms with E-state index < -0.39 is 0 Å². The topological polar surface area (TPSA) is 109 Å². The van der Waals surface area contributed by atoms with Gasteiger partial charge in [0.1, 0.15) is 0 Å². The Morgan fingerprint density at radius 2 is 1.86 bits per heavy atom. The summed E-state index contributed by atoms with van der Waals surface area (Å²) in [6.07, 6.45) is 0. The average molecular weight is 198 g/mol. The molecule has 1 aromatic rings. The first-order valence-electron chi connectivity index (χ1n) is 4.36. The Balaban J connectivity index is 2.73. The van der Waals surface area contributed by atoms with Gasteiger partial charge in [-0.05, 0) is 6.92 Å². The number of aliphatic hydroxyl groups excluding tert-OH is 1. The smallest absolute Gasteiger partial charge is 0.229 e. The lowest BCUT2D eigenvalue weighted by atomic mass is 10.6. The van der Waals surface area contributed by atoms with E-state index in [2.05, 4.69) is 25.6 Å². The summed E-state index contributed by atoms with van der Waals surface area (Å²) in [7, 11) is 0. The Morgan fingerprint density at radius 1 is 1.21 bits per heavy atom. The first kappa shape index (κ1) is 10.5. The second kappa shape index (κ2) is 5.18. The highest BCUT2D eigenvalue weighted by atomic mass is 16.3. The Kier molecular flexibility index (Phi) is 3.86. The van der Waals surface area contributed by atoms with Crippen LogP contribution < -0.4 is 16.4 Å². The second-order valence-electron chi connectivity index (χ2n) is 2.52. The van der Waals surface area contributed by atoms with E-state index in [1.54, 1.807) is 0 Å². The summed E-state index contributed by atoms with van der Waals surface area (Å²) < 4.78 is 0. The number of aromatic nitrogens is 3. The molecule has 0 unspecified atom stereocenters. The third-order valence-electron chi connectivity index (χ3n) is 1.38. The fraction of sp³-hybridized carbons (Fsp3) is 0.571. The van der Waals surface area contributed by atoms with Crippen LogP contribution in [-0.4, -0.2) is 39.8 Å². The molecule has 0 saturated carbocycles. The normalized spacial score (nSPS) is 9.86. The highest BCUT2D eigenvalue weighted by Gasteiger charge is 2.01. The van der Waals surface area contributed by atoms with Crippen LogP contribution >= 0.6 is 0 Å². The van der Waals surface area contributed by atoms with Gasteiger partial charge in [0.15, 0.2) is 0 Å². The molecule has 0 aliphatic carbocycles. The lowest BCUT2D eigenvalue weighted by molar-refractivity contribution is 0.311. The molecule has 78 valence electrons. The largest absolute Gasteiger partial charge is 0.395 e. The third-order valence-corrected chi connectivity index (χ3v) is 1.38. The van der Waals surface area contributed by atoms with E-state index in [1.165, 1.54) is 0 Å². The first-order valence-corrected chi connectivity index (χ1v) is 4.36.